The molecular formula is C15H30N2S. The Morgan fingerprint density at radius 1 is 1.39 bits per heavy atom. The minimum absolute atomic E-state index is 0.480. The van der Waals surface area contributed by atoms with Gasteiger partial charge in [-0.15, -0.1) is 0 Å². The van der Waals surface area contributed by atoms with Crippen LogP contribution in [-0.2, 0) is 0 Å². The average Bonchev–Trinajstić information content (AvgIpc) is 2.64. The summed E-state index contributed by atoms with van der Waals surface area (Å²) in [6.07, 6.45) is 4.11. The highest BCUT2D eigenvalue weighted by Crippen LogP contribution is 2.41. The molecule has 1 N–H and O–H groups in total. The lowest BCUT2D eigenvalue weighted by Crippen LogP contribution is -2.46. The molecule has 3 unspecified atom stereocenters. The van der Waals surface area contributed by atoms with Crippen LogP contribution in [0, 0.1) is 11.3 Å². The Kier molecular flexibility index (Phi) is 5.01. The van der Waals surface area contributed by atoms with Crippen molar-refractivity contribution in [3.63, 3.8) is 0 Å². The van der Waals surface area contributed by atoms with Crippen LogP contribution in [0.2, 0.25) is 0 Å². The summed E-state index contributed by atoms with van der Waals surface area (Å²) >= 11 is 2.17. The van der Waals surface area contributed by atoms with Gasteiger partial charge in [0.2, 0.25) is 0 Å². The Hall–Kier alpha value is 0.270. The normalized spacial score (nSPS) is 37.0. The molecule has 0 aromatic carbocycles. The number of hydrogen-bond donors (Lipinski definition) is 1. The largest absolute Gasteiger partial charge is 0.316 e. The summed E-state index contributed by atoms with van der Waals surface area (Å²) in [4.78, 5) is 2.72. The van der Waals surface area contributed by atoms with Gasteiger partial charge in [-0.25, -0.2) is 0 Å². The van der Waals surface area contributed by atoms with E-state index in [-0.39, 0.29) is 0 Å². The summed E-state index contributed by atoms with van der Waals surface area (Å²) in [7, 11) is 2.14. The maximum Gasteiger partial charge on any atom is 0.0172 e. The maximum atomic E-state index is 3.59. The van der Waals surface area contributed by atoms with Crippen molar-refractivity contribution < 1.29 is 0 Å². The van der Waals surface area contributed by atoms with Crippen molar-refractivity contribution in [1.82, 2.24) is 10.2 Å². The van der Waals surface area contributed by atoms with Crippen LogP contribution in [-0.4, -0.2) is 48.6 Å². The summed E-state index contributed by atoms with van der Waals surface area (Å²) in [5.74, 6) is 2.18. The Morgan fingerprint density at radius 2 is 2.17 bits per heavy atom. The molecule has 1 saturated carbocycles. The van der Waals surface area contributed by atoms with E-state index in [1.807, 2.05) is 0 Å². The zero-order valence-electron chi connectivity index (χ0n) is 12.5. The van der Waals surface area contributed by atoms with Crippen LogP contribution in [0.3, 0.4) is 0 Å². The van der Waals surface area contributed by atoms with Crippen LogP contribution in [0.25, 0.3) is 0 Å². The maximum absolute atomic E-state index is 3.59. The van der Waals surface area contributed by atoms with Gasteiger partial charge in [-0.1, -0.05) is 20.8 Å². The third-order valence-corrected chi connectivity index (χ3v) is 6.33. The monoisotopic (exact) mass is 270 g/mol. The quantitative estimate of drug-likeness (QED) is 0.846. The predicted molar refractivity (Wildman–Crippen MR) is 82.3 cm³/mol. The van der Waals surface area contributed by atoms with Crippen molar-refractivity contribution >= 4 is 11.8 Å². The van der Waals surface area contributed by atoms with E-state index in [0.29, 0.717) is 11.5 Å². The molecule has 1 aliphatic heterocycles. The zero-order valence-corrected chi connectivity index (χ0v) is 13.4. The highest BCUT2D eigenvalue weighted by Gasteiger charge is 2.41. The lowest BCUT2D eigenvalue weighted by molar-refractivity contribution is 0.192. The average molecular weight is 270 g/mol. The van der Waals surface area contributed by atoms with Crippen molar-refractivity contribution in [3.05, 3.63) is 0 Å². The SMILES string of the molecule is CCC1CN(CC2CCC(C)(C)C2NC)CCS1. The van der Waals surface area contributed by atoms with Gasteiger partial charge < -0.3 is 10.2 Å². The fourth-order valence-electron chi connectivity index (χ4n) is 3.87. The minimum Gasteiger partial charge on any atom is -0.316 e. The number of rotatable bonds is 4. The number of nitrogens with zero attached hydrogens (tertiary/aromatic N) is 1. The minimum atomic E-state index is 0.480. The molecule has 1 aliphatic carbocycles. The Balaban J connectivity index is 1.89. The second-order valence-electron chi connectivity index (χ2n) is 6.71. The molecule has 2 nitrogen and oxygen atoms in total. The smallest absolute Gasteiger partial charge is 0.0172 e. The molecule has 18 heavy (non-hydrogen) atoms. The van der Waals surface area contributed by atoms with Crippen molar-refractivity contribution in [2.75, 3.05) is 32.4 Å². The number of thioether (sulfide) groups is 1. The van der Waals surface area contributed by atoms with E-state index < -0.39 is 0 Å². The van der Waals surface area contributed by atoms with Gasteiger partial charge in [0, 0.05) is 36.7 Å². The molecular weight excluding hydrogens is 240 g/mol. The summed E-state index contributed by atoms with van der Waals surface area (Å²) < 4.78 is 0. The lowest BCUT2D eigenvalue weighted by atomic mass is 9.85. The van der Waals surface area contributed by atoms with Crippen molar-refractivity contribution in [2.45, 2.75) is 51.3 Å². The van der Waals surface area contributed by atoms with E-state index in [1.54, 1.807) is 0 Å². The summed E-state index contributed by atoms with van der Waals surface area (Å²) in [5.41, 5.74) is 0.480. The van der Waals surface area contributed by atoms with Crippen molar-refractivity contribution in [2.24, 2.45) is 11.3 Å². The second-order valence-corrected chi connectivity index (χ2v) is 8.12. The fraction of sp³-hybridized carbons (Fsp3) is 1.00. The van der Waals surface area contributed by atoms with Gasteiger partial charge in [0.15, 0.2) is 0 Å². The van der Waals surface area contributed by atoms with E-state index in [0.717, 1.165) is 11.2 Å². The Bertz CT molecular complexity index is 267. The van der Waals surface area contributed by atoms with Gasteiger partial charge in [0.25, 0.3) is 0 Å². The molecule has 1 heterocycles. The lowest BCUT2D eigenvalue weighted by Gasteiger charge is -2.37. The molecule has 0 aromatic rings. The van der Waals surface area contributed by atoms with Crippen LogP contribution in [0.4, 0.5) is 0 Å². The molecule has 0 radical (unpaired) electrons. The van der Waals surface area contributed by atoms with Crippen molar-refractivity contribution in [1.29, 1.82) is 0 Å². The summed E-state index contributed by atoms with van der Waals surface area (Å²) in [6, 6.07) is 0.701. The fourth-order valence-corrected chi connectivity index (χ4v) is 5.11. The molecule has 0 aromatic heterocycles. The molecule has 2 rings (SSSR count). The third kappa shape index (κ3) is 3.23. The molecule has 3 heteroatoms. The first-order chi connectivity index (χ1) is 8.56. The van der Waals surface area contributed by atoms with E-state index in [2.05, 4.69) is 49.8 Å². The third-order valence-electron chi connectivity index (χ3n) is 4.95. The van der Waals surface area contributed by atoms with Gasteiger partial charge >= 0.3 is 0 Å². The van der Waals surface area contributed by atoms with E-state index >= 15 is 0 Å². The first-order valence-electron chi connectivity index (χ1n) is 7.58. The number of nitrogens with one attached hydrogen (secondary N) is 1. The molecule has 106 valence electrons. The standard InChI is InChI=1S/C15H30N2S/c1-5-13-11-17(8-9-18-13)10-12-6-7-15(2,3)14(12)16-4/h12-14,16H,5-11H2,1-4H3. The molecule has 3 atom stereocenters. The second kappa shape index (κ2) is 6.15. The van der Waals surface area contributed by atoms with Crippen LogP contribution in [0.15, 0.2) is 0 Å². The predicted octanol–water partition coefficient (Wildman–Crippen LogP) is 2.84. The first-order valence-corrected chi connectivity index (χ1v) is 8.63. The highest BCUT2D eigenvalue weighted by molar-refractivity contribution is 8.00. The highest BCUT2D eigenvalue weighted by atomic mass is 32.2. The topological polar surface area (TPSA) is 15.3 Å². The molecule has 2 fully saturated rings. The molecule has 0 spiro atoms. The van der Waals surface area contributed by atoms with E-state index in [9.17, 15) is 0 Å². The van der Waals surface area contributed by atoms with Gasteiger partial charge in [-0.3, -0.25) is 0 Å². The van der Waals surface area contributed by atoms with Gasteiger partial charge in [-0.05, 0) is 37.6 Å². The van der Waals surface area contributed by atoms with E-state index in [1.165, 1.54) is 44.6 Å². The van der Waals surface area contributed by atoms with Crippen molar-refractivity contribution in [3.8, 4) is 0 Å². The van der Waals surface area contributed by atoms with Gasteiger partial charge in [0.05, 0.1) is 0 Å². The summed E-state index contributed by atoms with van der Waals surface area (Å²) in [6.45, 7) is 11.1. The van der Waals surface area contributed by atoms with E-state index in [4.69, 9.17) is 0 Å². The molecule has 1 saturated heterocycles. The summed E-state index contributed by atoms with van der Waals surface area (Å²) in [5, 5.41) is 4.46. The van der Waals surface area contributed by atoms with Gasteiger partial charge in [-0.2, -0.15) is 11.8 Å². The van der Waals surface area contributed by atoms with Crippen LogP contribution >= 0.6 is 11.8 Å². The molecule has 0 amide bonds. The molecule has 2 aliphatic rings. The Labute approximate surface area is 117 Å². The van der Waals surface area contributed by atoms with Crippen LogP contribution < -0.4 is 5.32 Å². The van der Waals surface area contributed by atoms with Crippen LogP contribution in [0.1, 0.15) is 40.0 Å². The Morgan fingerprint density at radius 3 is 2.83 bits per heavy atom. The zero-order chi connectivity index (χ0) is 13.2. The number of hydrogen-bond acceptors (Lipinski definition) is 3. The first kappa shape index (κ1) is 14.7. The molecule has 0 bridgehead atoms. The van der Waals surface area contributed by atoms with Crippen LogP contribution in [0.5, 0.6) is 0 Å². The van der Waals surface area contributed by atoms with Gasteiger partial charge in [0.1, 0.15) is 0 Å².